The van der Waals surface area contributed by atoms with E-state index in [-0.39, 0.29) is 34.8 Å². The summed E-state index contributed by atoms with van der Waals surface area (Å²) in [6.45, 7) is 4.82. The van der Waals surface area contributed by atoms with Gasteiger partial charge in [-0.1, -0.05) is 18.2 Å². The first-order valence-corrected chi connectivity index (χ1v) is 9.66. The molecule has 0 bridgehead atoms. The van der Waals surface area contributed by atoms with Crippen LogP contribution in [0.4, 0.5) is 0 Å². The minimum atomic E-state index is -0.381. The lowest BCUT2D eigenvalue weighted by Crippen LogP contribution is -2.41. The van der Waals surface area contributed by atoms with E-state index >= 15 is 0 Å². The van der Waals surface area contributed by atoms with E-state index in [4.69, 9.17) is 9.47 Å². The SMILES string of the molecule is CCOC(=O)C1CCN(C(=O)c2nn(-c3ccccc3C)c(=O)cc2OC)CC1. The van der Waals surface area contributed by atoms with Gasteiger partial charge in [-0.15, -0.1) is 0 Å². The van der Waals surface area contributed by atoms with Crippen LogP contribution in [0, 0.1) is 12.8 Å². The summed E-state index contributed by atoms with van der Waals surface area (Å²) in [4.78, 5) is 39.2. The monoisotopic (exact) mass is 399 g/mol. The van der Waals surface area contributed by atoms with Gasteiger partial charge in [0.15, 0.2) is 11.4 Å². The molecule has 2 heterocycles. The number of piperidine rings is 1. The normalized spacial score (nSPS) is 14.5. The van der Waals surface area contributed by atoms with E-state index in [1.807, 2.05) is 25.1 Å². The first kappa shape index (κ1) is 20.6. The van der Waals surface area contributed by atoms with Crippen LogP contribution in [-0.4, -0.2) is 53.4 Å². The van der Waals surface area contributed by atoms with Crippen molar-refractivity contribution >= 4 is 11.9 Å². The van der Waals surface area contributed by atoms with E-state index in [0.29, 0.717) is 38.2 Å². The van der Waals surface area contributed by atoms with Crippen molar-refractivity contribution < 1.29 is 19.1 Å². The average Bonchev–Trinajstić information content (AvgIpc) is 2.74. The Labute approximate surface area is 169 Å². The Kier molecular flexibility index (Phi) is 6.31. The van der Waals surface area contributed by atoms with Crippen LogP contribution in [0.15, 0.2) is 35.1 Å². The van der Waals surface area contributed by atoms with Gasteiger partial charge in [-0.3, -0.25) is 14.4 Å². The Hall–Kier alpha value is -3.16. The molecular weight excluding hydrogens is 374 g/mol. The van der Waals surface area contributed by atoms with E-state index in [1.165, 1.54) is 17.9 Å². The van der Waals surface area contributed by atoms with Gasteiger partial charge in [0.05, 0.1) is 31.4 Å². The molecular formula is C21H25N3O5. The Morgan fingerprint density at radius 3 is 2.52 bits per heavy atom. The van der Waals surface area contributed by atoms with Crippen LogP contribution in [0.1, 0.15) is 35.8 Å². The molecule has 1 aromatic carbocycles. The van der Waals surface area contributed by atoms with Crippen LogP contribution < -0.4 is 10.3 Å². The van der Waals surface area contributed by atoms with E-state index in [1.54, 1.807) is 17.9 Å². The summed E-state index contributed by atoms with van der Waals surface area (Å²) in [7, 11) is 1.40. The molecule has 0 atom stereocenters. The number of carbonyl (C=O) groups is 2. The largest absolute Gasteiger partial charge is 0.494 e. The number of rotatable bonds is 5. The van der Waals surface area contributed by atoms with Crippen LogP contribution in [-0.2, 0) is 9.53 Å². The number of hydrogen-bond acceptors (Lipinski definition) is 6. The molecule has 0 unspecified atom stereocenters. The molecule has 1 aromatic heterocycles. The quantitative estimate of drug-likeness (QED) is 0.714. The lowest BCUT2D eigenvalue weighted by molar-refractivity contribution is -0.149. The fraction of sp³-hybridized carbons (Fsp3) is 0.429. The van der Waals surface area contributed by atoms with Crippen molar-refractivity contribution in [2.24, 2.45) is 5.92 Å². The predicted octanol–water partition coefficient (Wildman–Crippen LogP) is 1.96. The van der Waals surface area contributed by atoms with E-state index in [2.05, 4.69) is 5.10 Å². The summed E-state index contributed by atoms with van der Waals surface area (Å²) in [5.41, 5.74) is 1.16. The summed E-state index contributed by atoms with van der Waals surface area (Å²) in [5.74, 6) is -0.609. The van der Waals surface area contributed by atoms with Crippen LogP contribution in [0.2, 0.25) is 0 Å². The number of ether oxygens (including phenoxy) is 2. The minimum Gasteiger partial charge on any atom is -0.494 e. The zero-order valence-corrected chi connectivity index (χ0v) is 16.9. The van der Waals surface area contributed by atoms with Crippen LogP contribution in [0.25, 0.3) is 5.69 Å². The fourth-order valence-corrected chi connectivity index (χ4v) is 3.45. The number of likely N-dealkylation sites (tertiary alicyclic amines) is 1. The lowest BCUT2D eigenvalue weighted by Gasteiger charge is -2.30. The van der Waals surface area contributed by atoms with Crippen LogP contribution in [0.3, 0.4) is 0 Å². The Morgan fingerprint density at radius 1 is 1.21 bits per heavy atom. The molecule has 0 N–H and O–H groups in total. The summed E-state index contributed by atoms with van der Waals surface area (Å²) in [6.07, 6.45) is 1.06. The molecule has 8 nitrogen and oxygen atoms in total. The van der Waals surface area contributed by atoms with Crippen molar-refractivity contribution in [3.63, 3.8) is 0 Å². The maximum atomic E-state index is 13.1. The van der Waals surface area contributed by atoms with Gasteiger partial charge in [0, 0.05) is 13.1 Å². The smallest absolute Gasteiger partial charge is 0.309 e. The predicted molar refractivity (Wildman–Crippen MR) is 106 cm³/mol. The third kappa shape index (κ3) is 4.31. The molecule has 1 fully saturated rings. The van der Waals surface area contributed by atoms with Gasteiger partial charge in [0.1, 0.15) is 0 Å². The zero-order chi connectivity index (χ0) is 21.0. The molecule has 1 aliphatic heterocycles. The van der Waals surface area contributed by atoms with Crippen molar-refractivity contribution in [1.29, 1.82) is 0 Å². The number of aromatic nitrogens is 2. The van der Waals surface area contributed by atoms with Gasteiger partial charge in [-0.25, -0.2) is 0 Å². The van der Waals surface area contributed by atoms with Crippen molar-refractivity contribution in [3.05, 3.63) is 51.9 Å². The highest BCUT2D eigenvalue weighted by Crippen LogP contribution is 2.23. The topological polar surface area (TPSA) is 90.7 Å². The van der Waals surface area contributed by atoms with Crippen LogP contribution >= 0.6 is 0 Å². The van der Waals surface area contributed by atoms with E-state index in [0.717, 1.165) is 5.56 Å². The van der Waals surface area contributed by atoms with Crippen molar-refractivity contribution in [2.75, 3.05) is 26.8 Å². The number of esters is 1. The van der Waals surface area contributed by atoms with Gasteiger partial charge in [-0.05, 0) is 38.3 Å². The molecule has 154 valence electrons. The molecule has 1 saturated heterocycles. The number of benzene rings is 1. The van der Waals surface area contributed by atoms with Crippen molar-refractivity contribution in [3.8, 4) is 11.4 Å². The molecule has 0 aliphatic carbocycles. The van der Waals surface area contributed by atoms with Gasteiger partial charge < -0.3 is 14.4 Å². The summed E-state index contributed by atoms with van der Waals surface area (Å²) in [6, 6.07) is 8.60. The first-order chi connectivity index (χ1) is 14.0. The van der Waals surface area contributed by atoms with E-state index in [9.17, 15) is 14.4 Å². The number of para-hydroxylation sites is 1. The number of nitrogens with zero attached hydrogens (tertiary/aromatic N) is 3. The van der Waals surface area contributed by atoms with Gasteiger partial charge in [-0.2, -0.15) is 9.78 Å². The third-order valence-corrected chi connectivity index (χ3v) is 5.06. The van der Waals surface area contributed by atoms with Crippen LogP contribution in [0.5, 0.6) is 5.75 Å². The highest BCUT2D eigenvalue weighted by atomic mass is 16.5. The molecule has 0 radical (unpaired) electrons. The maximum Gasteiger partial charge on any atom is 0.309 e. The number of hydrogen-bond donors (Lipinski definition) is 0. The maximum absolute atomic E-state index is 13.1. The minimum absolute atomic E-state index is 0.0740. The molecule has 8 heteroatoms. The summed E-state index contributed by atoms with van der Waals surface area (Å²) >= 11 is 0. The highest BCUT2D eigenvalue weighted by Gasteiger charge is 2.31. The van der Waals surface area contributed by atoms with E-state index < -0.39 is 0 Å². The number of aryl methyl sites for hydroxylation is 1. The van der Waals surface area contributed by atoms with Crippen molar-refractivity contribution in [2.45, 2.75) is 26.7 Å². The average molecular weight is 399 g/mol. The van der Waals surface area contributed by atoms with Gasteiger partial charge in [0.2, 0.25) is 0 Å². The number of methoxy groups -OCH3 is 1. The lowest BCUT2D eigenvalue weighted by atomic mass is 9.97. The standard InChI is InChI=1S/C21H25N3O5/c1-4-29-21(27)15-9-11-23(12-10-15)20(26)19-17(28-3)13-18(25)24(22-19)16-8-6-5-7-14(16)2/h5-8,13,15H,4,9-12H2,1-3H3. The van der Waals surface area contributed by atoms with Crippen molar-refractivity contribution in [1.82, 2.24) is 14.7 Å². The molecule has 1 amide bonds. The second-order valence-corrected chi connectivity index (χ2v) is 6.92. The second-order valence-electron chi connectivity index (χ2n) is 6.92. The third-order valence-electron chi connectivity index (χ3n) is 5.06. The molecule has 0 saturated carbocycles. The van der Waals surface area contributed by atoms with Gasteiger partial charge in [0.25, 0.3) is 11.5 Å². The molecule has 0 spiro atoms. The molecule has 29 heavy (non-hydrogen) atoms. The Bertz CT molecular complexity index is 961. The number of amides is 1. The number of carbonyl (C=O) groups excluding carboxylic acids is 2. The fourth-order valence-electron chi connectivity index (χ4n) is 3.45. The second kappa shape index (κ2) is 8.89. The Balaban J connectivity index is 1.87. The highest BCUT2D eigenvalue weighted by molar-refractivity contribution is 5.95. The summed E-state index contributed by atoms with van der Waals surface area (Å²) in [5, 5.41) is 4.33. The zero-order valence-electron chi connectivity index (χ0n) is 16.9. The summed E-state index contributed by atoms with van der Waals surface area (Å²) < 4.78 is 11.5. The molecule has 2 aromatic rings. The Morgan fingerprint density at radius 2 is 1.90 bits per heavy atom. The first-order valence-electron chi connectivity index (χ1n) is 9.66. The molecule has 1 aliphatic rings. The molecule has 3 rings (SSSR count). The van der Waals surface area contributed by atoms with Gasteiger partial charge >= 0.3 is 5.97 Å².